The predicted octanol–water partition coefficient (Wildman–Crippen LogP) is 1.23. The number of anilines is 2. The lowest BCUT2D eigenvalue weighted by Crippen LogP contribution is -2.54. The monoisotopic (exact) mass is 562 g/mol. The molecule has 2 aromatic rings. The molecule has 1 unspecified atom stereocenters. The van der Waals surface area contributed by atoms with Gasteiger partial charge in [0, 0.05) is 37.3 Å². The number of hydrogen-bond donors (Lipinski definition) is 2. The molecule has 6 rings (SSSR count). The fourth-order valence-corrected chi connectivity index (χ4v) is 8.49. The summed E-state index contributed by atoms with van der Waals surface area (Å²) in [6.07, 6.45) is 5.23. The minimum absolute atomic E-state index is 0.0163. The highest BCUT2D eigenvalue weighted by Gasteiger charge is 2.53. The second-order valence-corrected chi connectivity index (χ2v) is 14.5. The van der Waals surface area contributed by atoms with Gasteiger partial charge in [-0.05, 0) is 32.8 Å². The number of rotatable bonds is 4. The minimum atomic E-state index is -3.06. The lowest BCUT2D eigenvalue weighted by molar-refractivity contribution is 0.0248. The first-order valence-electron chi connectivity index (χ1n) is 13.0. The van der Waals surface area contributed by atoms with E-state index in [9.17, 15) is 13.5 Å². The molecule has 0 saturated carbocycles. The van der Waals surface area contributed by atoms with E-state index in [2.05, 4.69) is 23.7 Å². The average Bonchev–Trinajstić information content (AvgIpc) is 3.12. The lowest BCUT2D eigenvalue weighted by Gasteiger charge is -2.43. The minimum Gasteiger partial charge on any atom is -0.486 e. The van der Waals surface area contributed by atoms with E-state index in [0.717, 1.165) is 30.8 Å². The normalized spacial score (nSPS) is 27.1. The molecule has 0 bridgehead atoms. The summed E-state index contributed by atoms with van der Waals surface area (Å²) in [5.74, 6) is 2.18. The van der Waals surface area contributed by atoms with Crippen LogP contribution >= 0.6 is 11.8 Å². The predicted molar refractivity (Wildman–Crippen MR) is 143 cm³/mol. The molecule has 3 saturated heterocycles. The first kappa shape index (κ1) is 26.1. The van der Waals surface area contributed by atoms with Crippen LogP contribution in [0.2, 0.25) is 0 Å². The molecule has 206 valence electrons. The third kappa shape index (κ3) is 4.51. The molecule has 11 nitrogen and oxygen atoms in total. The number of aliphatic hydroxyl groups excluding tert-OH is 1. The second kappa shape index (κ2) is 9.47. The van der Waals surface area contributed by atoms with E-state index >= 15 is 0 Å². The smallest absolute Gasteiger partial charge is 0.175 e. The van der Waals surface area contributed by atoms with E-state index < -0.39 is 9.84 Å². The molecular formula is C25H34N6O5S2. The number of fused-ring (bicyclic) bond motifs is 3. The Balaban J connectivity index is 1.19. The van der Waals surface area contributed by atoms with Crippen molar-refractivity contribution in [3.63, 3.8) is 0 Å². The van der Waals surface area contributed by atoms with Gasteiger partial charge in [0.2, 0.25) is 0 Å². The summed E-state index contributed by atoms with van der Waals surface area (Å²) in [6, 6.07) is 1.61. The number of hydrogen-bond acceptors (Lipinski definition) is 12. The number of nitrogens with two attached hydrogens (primary N) is 1. The van der Waals surface area contributed by atoms with Crippen molar-refractivity contribution >= 4 is 33.2 Å². The number of nitrogens with zero attached hydrogens (tertiary/aromatic N) is 5. The van der Waals surface area contributed by atoms with E-state index in [1.54, 1.807) is 12.4 Å². The van der Waals surface area contributed by atoms with Crippen LogP contribution in [0.3, 0.4) is 0 Å². The number of sulfone groups is 1. The fraction of sp³-hybridized carbons (Fsp3) is 0.640. The Morgan fingerprint density at radius 2 is 2.00 bits per heavy atom. The number of ether oxygens (including phenoxy) is 2. The molecule has 0 amide bonds. The molecule has 4 aliphatic rings. The maximum atomic E-state index is 12.1. The Bertz CT molecular complexity index is 1330. The Morgan fingerprint density at radius 3 is 2.71 bits per heavy atom. The van der Waals surface area contributed by atoms with E-state index in [1.165, 1.54) is 11.8 Å². The van der Waals surface area contributed by atoms with Crippen LogP contribution in [0, 0.1) is 5.41 Å². The quantitative estimate of drug-likeness (QED) is 0.553. The number of piperidine rings is 1. The molecular weight excluding hydrogens is 528 g/mol. The molecule has 6 heterocycles. The maximum Gasteiger partial charge on any atom is 0.175 e. The standard InChI is InChI=1S/C25H34N6O5S2/c1-24(2)23(26)25(15-36-24)4-7-30(8-5-25)21-17(12-32)29-19(11-28-21)37-18-3-6-27-22-20(18)35-13-16-14-38(33,34)10-9-31(16)22/h3,6,11,16,23,32H,4-5,7-10,12-15,26H2,1-2H3/t16?,23-/m1/s1. The van der Waals surface area contributed by atoms with Gasteiger partial charge >= 0.3 is 0 Å². The second-order valence-electron chi connectivity index (χ2n) is 11.2. The van der Waals surface area contributed by atoms with Gasteiger partial charge in [0.25, 0.3) is 0 Å². The molecule has 0 aromatic carbocycles. The van der Waals surface area contributed by atoms with Crippen molar-refractivity contribution in [2.24, 2.45) is 11.1 Å². The summed E-state index contributed by atoms with van der Waals surface area (Å²) in [4.78, 5) is 19.0. The van der Waals surface area contributed by atoms with Crippen LogP contribution in [0.5, 0.6) is 5.75 Å². The molecule has 0 radical (unpaired) electrons. The highest BCUT2D eigenvalue weighted by Crippen LogP contribution is 2.46. The molecule has 38 heavy (non-hydrogen) atoms. The van der Waals surface area contributed by atoms with Crippen molar-refractivity contribution in [3.05, 3.63) is 24.2 Å². The zero-order valence-corrected chi connectivity index (χ0v) is 23.3. The van der Waals surface area contributed by atoms with Gasteiger partial charge in [0.1, 0.15) is 17.3 Å². The molecule has 2 atom stereocenters. The summed E-state index contributed by atoms with van der Waals surface area (Å²) >= 11 is 1.40. The van der Waals surface area contributed by atoms with Crippen molar-refractivity contribution in [1.82, 2.24) is 15.0 Å². The van der Waals surface area contributed by atoms with Crippen LogP contribution in [0.25, 0.3) is 0 Å². The van der Waals surface area contributed by atoms with Crippen LogP contribution in [0.15, 0.2) is 28.4 Å². The molecule has 3 fully saturated rings. The Hall–Kier alpha value is -2.19. The Labute approximate surface area is 227 Å². The highest BCUT2D eigenvalue weighted by molar-refractivity contribution is 7.99. The third-order valence-corrected chi connectivity index (χ3v) is 11.1. The van der Waals surface area contributed by atoms with Crippen LogP contribution in [-0.2, 0) is 21.2 Å². The summed E-state index contributed by atoms with van der Waals surface area (Å²) < 4.78 is 36.2. The van der Waals surface area contributed by atoms with Crippen molar-refractivity contribution in [3.8, 4) is 5.75 Å². The van der Waals surface area contributed by atoms with Gasteiger partial charge in [-0.2, -0.15) is 0 Å². The van der Waals surface area contributed by atoms with E-state index in [1.807, 2.05) is 11.0 Å². The average molecular weight is 563 g/mol. The SMILES string of the molecule is CC1(C)OCC2(CCN(c3ncc(Sc4ccnc5c4OCC4CS(=O)(=O)CCN54)nc3CO)CC2)[C@@H]1N. The van der Waals surface area contributed by atoms with Gasteiger partial charge in [-0.1, -0.05) is 11.8 Å². The van der Waals surface area contributed by atoms with Crippen LogP contribution < -0.4 is 20.3 Å². The van der Waals surface area contributed by atoms with Gasteiger partial charge in [-0.15, -0.1) is 0 Å². The Kier molecular flexibility index (Phi) is 6.50. The largest absolute Gasteiger partial charge is 0.486 e. The molecule has 1 spiro atoms. The van der Waals surface area contributed by atoms with Crippen LogP contribution in [0.4, 0.5) is 11.6 Å². The third-order valence-electron chi connectivity index (χ3n) is 8.44. The van der Waals surface area contributed by atoms with E-state index in [-0.39, 0.29) is 41.2 Å². The number of aromatic nitrogens is 3. The van der Waals surface area contributed by atoms with E-state index in [0.29, 0.717) is 47.9 Å². The Morgan fingerprint density at radius 1 is 1.21 bits per heavy atom. The maximum absolute atomic E-state index is 12.1. The van der Waals surface area contributed by atoms with Crippen LogP contribution in [-0.4, -0.2) is 90.5 Å². The highest BCUT2D eigenvalue weighted by atomic mass is 32.2. The summed E-state index contributed by atoms with van der Waals surface area (Å²) in [6.45, 7) is 6.83. The number of pyridine rings is 1. The molecule has 13 heteroatoms. The van der Waals surface area contributed by atoms with Crippen molar-refractivity contribution in [2.75, 3.05) is 54.2 Å². The number of aliphatic hydroxyl groups is 1. The van der Waals surface area contributed by atoms with E-state index in [4.69, 9.17) is 25.2 Å². The van der Waals surface area contributed by atoms with Gasteiger partial charge in [-0.25, -0.2) is 23.4 Å². The zero-order chi connectivity index (χ0) is 26.7. The topological polar surface area (TPSA) is 144 Å². The van der Waals surface area contributed by atoms with Crippen molar-refractivity contribution in [2.45, 2.75) is 60.9 Å². The van der Waals surface area contributed by atoms with Crippen LogP contribution in [0.1, 0.15) is 32.4 Å². The first-order valence-corrected chi connectivity index (χ1v) is 15.6. The summed E-state index contributed by atoms with van der Waals surface area (Å²) in [5, 5.41) is 10.8. The van der Waals surface area contributed by atoms with Crippen molar-refractivity contribution in [1.29, 1.82) is 0 Å². The van der Waals surface area contributed by atoms with Gasteiger partial charge in [0.15, 0.2) is 27.2 Å². The lowest BCUT2D eigenvalue weighted by atomic mass is 9.71. The molecule has 2 aromatic heterocycles. The first-order chi connectivity index (χ1) is 18.1. The summed E-state index contributed by atoms with van der Waals surface area (Å²) in [5.41, 5.74) is 6.78. The molecule has 0 aliphatic carbocycles. The zero-order valence-electron chi connectivity index (χ0n) is 21.7. The molecule has 3 N–H and O–H groups in total. The fourth-order valence-electron chi connectivity index (χ4n) is 6.12. The van der Waals surface area contributed by atoms with Gasteiger partial charge in [0.05, 0.1) is 47.5 Å². The summed E-state index contributed by atoms with van der Waals surface area (Å²) in [7, 11) is -3.06. The van der Waals surface area contributed by atoms with Gasteiger partial charge in [-0.3, -0.25) is 0 Å². The molecule has 4 aliphatic heterocycles. The van der Waals surface area contributed by atoms with Gasteiger partial charge < -0.3 is 30.1 Å². The van der Waals surface area contributed by atoms with Crippen molar-refractivity contribution < 1.29 is 23.0 Å².